The van der Waals surface area contributed by atoms with Gasteiger partial charge in [0.1, 0.15) is 11.4 Å². The quantitative estimate of drug-likeness (QED) is 0.779. The molecule has 1 aromatic heterocycles. The number of nitrogens with one attached hydrogen (secondary N) is 2. The number of hydrogen-bond donors (Lipinski definition) is 2. The highest BCUT2D eigenvalue weighted by Crippen LogP contribution is 2.23. The van der Waals surface area contributed by atoms with Gasteiger partial charge in [0.25, 0.3) is 11.8 Å². The first-order chi connectivity index (χ1) is 14.2. The molecule has 0 aliphatic carbocycles. The van der Waals surface area contributed by atoms with Crippen LogP contribution in [0.15, 0.2) is 24.3 Å². The minimum absolute atomic E-state index is 0.0650. The number of nitrogens with zero attached hydrogens (tertiary/aromatic N) is 2. The molecule has 3 heterocycles. The Morgan fingerprint density at radius 3 is 2.76 bits per heavy atom. The van der Waals surface area contributed by atoms with Gasteiger partial charge in [0.05, 0.1) is 18.9 Å². The zero-order valence-electron chi connectivity index (χ0n) is 16.6. The van der Waals surface area contributed by atoms with E-state index in [2.05, 4.69) is 15.6 Å². The zero-order valence-corrected chi connectivity index (χ0v) is 16.6. The molecule has 2 aliphatic heterocycles. The molecule has 1 aromatic carbocycles. The maximum absolute atomic E-state index is 12.9. The van der Waals surface area contributed by atoms with Gasteiger partial charge in [-0.25, -0.2) is 4.98 Å². The fourth-order valence-electron chi connectivity index (χ4n) is 3.86. The smallest absolute Gasteiger partial charge is 0.291 e. The van der Waals surface area contributed by atoms with Gasteiger partial charge in [-0.1, -0.05) is 0 Å². The van der Waals surface area contributed by atoms with Gasteiger partial charge < -0.3 is 24.7 Å². The maximum Gasteiger partial charge on any atom is 0.291 e. The highest BCUT2D eigenvalue weighted by molar-refractivity contribution is 6.03. The van der Waals surface area contributed by atoms with Crippen molar-refractivity contribution in [1.29, 1.82) is 0 Å². The Bertz CT molecular complexity index is 885. The number of hydrogen-bond acceptors (Lipinski definition) is 5. The monoisotopic (exact) mass is 398 g/mol. The van der Waals surface area contributed by atoms with Crippen molar-refractivity contribution < 1.29 is 19.1 Å². The van der Waals surface area contributed by atoms with E-state index in [0.29, 0.717) is 30.2 Å². The van der Waals surface area contributed by atoms with Gasteiger partial charge in [-0.3, -0.25) is 9.59 Å². The standard InChI is InChI=1S/C21H26N4O4/c1-28-15-9-7-14(8-10-15)23-21(27)19-24-18(17-6-2-3-11-25(17)19)20(26)22-13-16-5-4-12-29-16/h7-10,16H,2-6,11-13H2,1H3,(H,22,26)(H,23,27). The van der Waals surface area contributed by atoms with Crippen molar-refractivity contribution in [2.45, 2.75) is 44.8 Å². The van der Waals surface area contributed by atoms with E-state index in [1.54, 1.807) is 31.4 Å². The lowest BCUT2D eigenvalue weighted by Crippen LogP contribution is -2.32. The molecule has 2 aliphatic rings. The number of methoxy groups -OCH3 is 1. The third-order valence-corrected chi connectivity index (χ3v) is 5.40. The number of anilines is 1. The summed E-state index contributed by atoms with van der Waals surface area (Å²) < 4.78 is 12.6. The molecule has 1 unspecified atom stereocenters. The Hall–Kier alpha value is -2.87. The number of amides is 2. The number of fused-ring (bicyclic) bond motifs is 1. The summed E-state index contributed by atoms with van der Waals surface area (Å²) in [6, 6.07) is 7.10. The summed E-state index contributed by atoms with van der Waals surface area (Å²) in [4.78, 5) is 30.1. The number of rotatable bonds is 6. The van der Waals surface area contributed by atoms with Crippen molar-refractivity contribution in [3.63, 3.8) is 0 Å². The number of carbonyl (C=O) groups excluding carboxylic acids is 2. The molecule has 1 fully saturated rings. The van der Waals surface area contributed by atoms with Crippen LogP contribution in [0.1, 0.15) is 52.5 Å². The third-order valence-electron chi connectivity index (χ3n) is 5.40. The molecular formula is C21H26N4O4. The fourth-order valence-corrected chi connectivity index (χ4v) is 3.86. The van der Waals surface area contributed by atoms with E-state index in [4.69, 9.17) is 9.47 Å². The predicted octanol–water partition coefficient (Wildman–Crippen LogP) is 2.39. The van der Waals surface area contributed by atoms with E-state index < -0.39 is 0 Å². The average Bonchev–Trinajstić information content (AvgIpc) is 3.40. The van der Waals surface area contributed by atoms with Crippen molar-refractivity contribution in [1.82, 2.24) is 14.9 Å². The molecule has 0 bridgehead atoms. The number of carbonyl (C=O) groups is 2. The lowest BCUT2D eigenvalue weighted by molar-refractivity contribution is 0.0853. The normalized spacial score (nSPS) is 18.2. The minimum atomic E-state index is -0.323. The minimum Gasteiger partial charge on any atom is -0.497 e. The molecule has 8 heteroatoms. The highest BCUT2D eigenvalue weighted by Gasteiger charge is 2.28. The van der Waals surface area contributed by atoms with Crippen LogP contribution in [0.4, 0.5) is 5.69 Å². The molecular weight excluding hydrogens is 372 g/mol. The Labute approximate surface area is 169 Å². The summed E-state index contributed by atoms with van der Waals surface area (Å²) in [5.74, 6) is 0.426. The topological polar surface area (TPSA) is 94.5 Å². The first-order valence-electron chi connectivity index (χ1n) is 10.1. The van der Waals surface area contributed by atoms with Gasteiger partial charge >= 0.3 is 0 Å². The summed E-state index contributed by atoms with van der Waals surface area (Å²) in [5.41, 5.74) is 1.83. The van der Waals surface area contributed by atoms with E-state index in [9.17, 15) is 9.59 Å². The van der Waals surface area contributed by atoms with Gasteiger partial charge in [0.15, 0.2) is 5.82 Å². The van der Waals surface area contributed by atoms with E-state index in [-0.39, 0.29) is 23.7 Å². The summed E-state index contributed by atoms with van der Waals surface area (Å²) in [5, 5.41) is 5.78. The Morgan fingerprint density at radius 1 is 1.21 bits per heavy atom. The first kappa shape index (κ1) is 19.4. The molecule has 1 atom stereocenters. The van der Waals surface area contributed by atoms with Crippen molar-refractivity contribution in [3.8, 4) is 5.75 Å². The van der Waals surface area contributed by atoms with Crippen LogP contribution < -0.4 is 15.4 Å². The molecule has 4 rings (SSSR count). The Balaban J connectivity index is 1.51. The largest absolute Gasteiger partial charge is 0.497 e. The predicted molar refractivity (Wildman–Crippen MR) is 107 cm³/mol. The average molecular weight is 398 g/mol. The van der Waals surface area contributed by atoms with E-state index >= 15 is 0 Å². The van der Waals surface area contributed by atoms with E-state index in [1.165, 1.54) is 0 Å². The SMILES string of the molecule is COc1ccc(NC(=O)c2nc(C(=O)NCC3CCCO3)c3n2CCCC3)cc1. The first-order valence-corrected chi connectivity index (χ1v) is 10.1. The molecule has 8 nitrogen and oxygen atoms in total. The van der Waals surface area contributed by atoms with Crippen molar-refractivity contribution >= 4 is 17.5 Å². The third kappa shape index (κ3) is 4.27. The van der Waals surface area contributed by atoms with Crippen molar-refractivity contribution in [2.75, 3.05) is 25.6 Å². The maximum atomic E-state index is 12.9. The second-order valence-corrected chi connectivity index (χ2v) is 7.37. The van der Waals surface area contributed by atoms with Gasteiger partial charge in [0, 0.05) is 25.4 Å². The van der Waals surface area contributed by atoms with Gasteiger partial charge in [-0.2, -0.15) is 0 Å². The molecule has 2 amide bonds. The number of aromatic nitrogens is 2. The van der Waals surface area contributed by atoms with Crippen LogP contribution in [0, 0.1) is 0 Å². The molecule has 0 radical (unpaired) electrons. The fraction of sp³-hybridized carbons (Fsp3) is 0.476. The molecule has 2 N–H and O–H groups in total. The molecule has 0 saturated carbocycles. The summed E-state index contributed by atoms with van der Waals surface area (Å²) in [6.45, 7) is 1.90. The van der Waals surface area contributed by atoms with E-state index in [0.717, 1.165) is 44.4 Å². The summed E-state index contributed by atoms with van der Waals surface area (Å²) in [7, 11) is 1.59. The van der Waals surface area contributed by atoms with Crippen molar-refractivity contribution in [2.24, 2.45) is 0 Å². The van der Waals surface area contributed by atoms with Gasteiger partial charge in [-0.15, -0.1) is 0 Å². The van der Waals surface area contributed by atoms with Crippen LogP contribution in [0.2, 0.25) is 0 Å². The number of imidazole rings is 1. The van der Waals surface area contributed by atoms with Crippen LogP contribution in [-0.2, 0) is 17.7 Å². The molecule has 1 saturated heterocycles. The van der Waals surface area contributed by atoms with Crippen LogP contribution in [0.3, 0.4) is 0 Å². The van der Waals surface area contributed by atoms with E-state index in [1.807, 2.05) is 4.57 Å². The van der Waals surface area contributed by atoms with Gasteiger partial charge in [0.2, 0.25) is 0 Å². The molecule has 29 heavy (non-hydrogen) atoms. The van der Waals surface area contributed by atoms with Crippen LogP contribution in [0.5, 0.6) is 5.75 Å². The highest BCUT2D eigenvalue weighted by atomic mass is 16.5. The van der Waals surface area contributed by atoms with Crippen LogP contribution >= 0.6 is 0 Å². The van der Waals surface area contributed by atoms with Crippen molar-refractivity contribution in [3.05, 3.63) is 41.5 Å². The Kier molecular flexibility index (Phi) is 5.80. The zero-order chi connectivity index (χ0) is 20.2. The molecule has 2 aromatic rings. The molecule has 154 valence electrons. The Morgan fingerprint density at radius 2 is 2.03 bits per heavy atom. The lowest BCUT2D eigenvalue weighted by atomic mass is 10.1. The summed E-state index contributed by atoms with van der Waals surface area (Å²) >= 11 is 0. The second kappa shape index (κ2) is 8.65. The molecule has 0 spiro atoms. The van der Waals surface area contributed by atoms with Crippen LogP contribution in [-0.4, -0.2) is 47.7 Å². The number of ether oxygens (including phenoxy) is 2. The lowest BCUT2D eigenvalue weighted by Gasteiger charge is -2.17. The van der Waals surface area contributed by atoms with Gasteiger partial charge in [-0.05, 0) is 56.4 Å². The number of benzene rings is 1. The van der Waals surface area contributed by atoms with Crippen LogP contribution in [0.25, 0.3) is 0 Å². The summed E-state index contributed by atoms with van der Waals surface area (Å²) in [6.07, 6.45) is 4.73. The second-order valence-electron chi connectivity index (χ2n) is 7.37.